The van der Waals surface area contributed by atoms with E-state index in [4.69, 9.17) is 0 Å². The second-order valence-electron chi connectivity index (χ2n) is 6.82. The number of aliphatic imine (C=N–C) groups is 1. The molecule has 27 heavy (non-hydrogen) atoms. The Balaban J connectivity index is 0.00000261. The molecule has 0 unspecified atom stereocenters. The van der Waals surface area contributed by atoms with Crippen molar-refractivity contribution in [3.63, 3.8) is 0 Å². The highest BCUT2D eigenvalue weighted by Gasteiger charge is 2.25. The largest absolute Gasteiger partial charge is 0.353 e. The highest BCUT2D eigenvalue weighted by molar-refractivity contribution is 14.0. The maximum absolute atomic E-state index is 12.8. The van der Waals surface area contributed by atoms with Crippen LogP contribution >= 0.6 is 24.0 Å². The van der Waals surface area contributed by atoms with Crippen molar-refractivity contribution in [2.24, 2.45) is 4.99 Å². The van der Waals surface area contributed by atoms with Gasteiger partial charge in [0, 0.05) is 32.7 Å². The van der Waals surface area contributed by atoms with Crippen LogP contribution in [0.1, 0.15) is 37.7 Å². The topological polar surface area (TPSA) is 73.8 Å². The molecular formula is C19H29IN4O2S. The van der Waals surface area contributed by atoms with Gasteiger partial charge in [0.15, 0.2) is 5.96 Å². The molecule has 0 aromatic heterocycles. The van der Waals surface area contributed by atoms with Gasteiger partial charge in [-0.2, -0.15) is 4.31 Å². The van der Waals surface area contributed by atoms with E-state index in [-0.39, 0.29) is 24.0 Å². The zero-order valence-corrected chi connectivity index (χ0v) is 18.9. The van der Waals surface area contributed by atoms with E-state index in [9.17, 15) is 8.42 Å². The highest BCUT2D eigenvalue weighted by Crippen LogP contribution is 2.21. The van der Waals surface area contributed by atoms with Gasteiger partial charge in [-0.05, 0) is 43.4 Å². The van der Waals surface area contributed by atoms with E-state index in [0.29, 0.717) is 30.6 Å². The Morgan fingerprint density at radius 2 is 1.89 bits per heavy atom. The van der Waals surface area contributed by atoms with Crippen molar-refractivity contribution < 1.29 is 8.42 Å². The molecular weight excluding hydrogens is 475 g/mol. The summed E-state index contributed by atoms with van der Waals surface area (Å²) in [4.78, 5) is 4.63. The Morgan fingerprint density at radius 3 is 2.56 bits per heavy atom. The van der Waals surface area contributed by atoms with Crippen LogP contribution < -0.4 is 10.6 Å². The fourth-order valence-electron chi connectivity index (χ4n) is 3.38. The van der Waals surface area contributed by atoms with E-state index in [2.05, 4.69) is 27.8 Å². The highest BCUT2D eigenvalue weighted by atomic mass is 127. The van der Waals surface area contributed by atoms with E-state index >= 15 is 0 Å². The molecule has 150 valence electrons. The lowest BCUT2D eigenvalue weighted by molar-refractivity contribution is 0.346. The van der Waals surface area contributed by atoms with Crippen LogP contribution in [0.5, 0.6) is 0 Å². The summed E-state index contributed by atoms with van der Waals surface area (Å²) in [5.74, 6) is 0.739. The third-order valence-corrected chi connectivity index (χ3v) is 6.78. The van der Waals surface area contributed by atoms with Crippen LogP contribution in [0.4, 0.5) is 0 Å². The van der Waals surface area contributed by atoms with Crippen molar-refractivity contribution in [1.82, 2.24) is 14.9 Å². The first kappa shape index (κ1) is 22.2. The summed E-state index contributed by atoms with van der Waals surface area (Å²) >= 11 is 0. The summed E-state index contributed by atoms with van der Waals surface area (Å²) in [6, 6.07) is 7.58. The third kappa shape index (κ3) is 5.92. The Morgan fingerprint density at radius 1 is 1.19 bits per heavy atom. The van der Waals surface area contributed by atoms with Crippen LogP contribution in [0.3, 0.4) is 0 Å². The number of halogens is 1. The van der Waals surface area contributed by atoms with Gasteiger partial charge in [-0.25, -0.2) is 8.42 Å². The van der Waals surface area contributed by atoms with E-state index in [1.165, 1.54) is 0 Å². The van der Waals surface area contributed by atoms with E-state index < -0.39 is 10.0 Å². The molecule has 0 saturated carbocycles. The number of sulfonamides is 1. The molecule has 3 rings (SSSR count). The Kier molecular flexibility index (Phi) is 8.56. The summed E-state index contributed by atoms with van der Waals surface area (Å²) in [5, 5.41) is 6.66. The van der Waals surface area contributed by atoms with E-state index in [1.54, 1.807) is 23.5 Å². The van der Waals surface area contributed by atoms with Crippen molar-refractivity contribution in [1.29, 1.82) is 0 Å². The third-order valence-electron chi connectivity index (χ3n) is 4.88. The Bertz CT molecular complexity index is 766. The van der Waals surface area contributed by atoms with Crippen molar-refractivity contribution in [3.8, 4) is 0 Å². The number of hydrogen-bond acceptors (Lipinski definition) is 3. The molecule has 1 saturated heterocycles. The van der Waals surface area contributed by atoms with Gasteiger partial charge in [-0.3, -0.25) is 4.99 Å². The first-order chi connectivity index (χ1) is 12.6. The van der Waals surface area contributed by atoms with Crippen molar-refractivity contribution in [3.05, 3.63) is 42.0 Å². The van der Waals surface area contributed by atoms with Crippen molar-refractivity contribution >= 4 is 40.0 Å². The van der Waals surface area contributed by atoms with Gasteiger partial charge in [0.2, 0.25) is 10.0 Å². The number of benzene rings is 1. The van der Waals surface area contributed by atoms with Crippen LogP contribution in [0, 0.1) is 0 Å². The van der Waals surface area contributed by atoms with E-state index in [1.807, 2.05) is 12.1 Å². The molecule has 1 aliphatic heterocycles. The fourth-order valence-corrected chi connectivity index (χ4v) is 4.97. The smallest absolute Gasteiger partial charge is 0.243 e. The molecule has 1 fully saturated rings. The number of piperidine rings is 1. The summed E-state index contributed by atoms with van der Waals surface area (Å²) in [6.45, 7) is 1.77. The van der Waals surface area contributed by atoms with Crippen LogP contribution in [-0.2, 0) is 16.6 Å². The maximum atomic E-state index is 12.8. The molecule has 1 aliphatic carbocycles. The number of nitrogens with zero attached hydrogens (tertiary/aromatic N) is 2. The lowest BCUT2D eigenvalue weighted by Crippen LogP contribution is -2.42. The predicted octanol–water partition coefficient (Wildman–Crippen LogP) is 2.86. The number of hydrogen-bond donors (Lipinski definition) is 2. The quantitative estimate of drug-likeness (QED) is 0.280. The van der Waals surface area contributed by atoms with Crippen LogP contribution in [0.15, 0.2) is 46.3 Å². The normalized spacial score (nSPS) is 18.9. The lowest BCUT2D eigenvalue weighted by atomic mass is 10.2. The zero-order chi connectivity index (χ0) is 18.4. The molecule has 2 aliphatic rings. The summed E-state index contributed by atoms with van der Waals surface area (Å²) < 4.78 is 27.3. The van der Waals surface area contributed by atoms with Crippen LogP contribution in [0.25, 0.3) is 0 Å². The molecule has 1 aromatic carbocycles. The molecule has 0 radical (unpaired) electrons. The summed E-state index contributed by atoms with van der Waals surface area (Å²) in [7, 11) is -1.65. The molecule has 0 atom stereocenters. The van der Waals surface area contributed by atoms with E-state index in [0.717, 1.165) is 43.6 Å². The average molecular weight is 504 g/mol. The van der Waals surface area contributed by atoms with Crippen LogP contribution in [-0.4, -0.2) is 44.9 Å². The lowest BCUT2D eigenvalue weighted by Gasteiger charge is -2.26. The molecule has 6 nitrogen and oxygen atoms in total. The standard InChI is InChI=1S/C19H28N4O2S.HI/c1-20-19(22-17-9-3-4-10-17)21-15-16-8-7-11-18(14-16)26(24,25)23-12-5-2-6-13-23;/h3-4,7-8,11,14,17H,2,5-6,9-10,12-13,15H2,1H3,(H2,20,21,22);1H. The Hall–Kier alpha value is -1.13. The first-order valence-electron chi connectivity index (χ1n) is 9.31. The Labute approximate surface area is 179 Å². The zero-order valence-electron chi connectivity index (χ0n) is 15.7. The molecule has 0 spiro atoms. The monoisotopic (exact) mass is 504 g/mol. The van der Waals surface area contributed by atoms with Gasteiger partial charge in [0.05, 0.1) is 4.90 Å². The number of guanidine groups is 1. The summed E-state index contributed by atoms with van der Waals surface area (Å²) in [6.07, 6.45) is 9.34. The second-order valence-corrected chi connectivity index (χ2v) is 8.76. The molecule has 1 aromatic rings. The van der Waals surface area contributed by atoms with Gasteiger partial charge < -0.3 is 10.6 Å². The van der Waals surface area contributed by atoms with Crippen molar-refractivity contribution in [2.75, 3.05) is 20.1 Å². The minimum absolute atomic E-state index is 0. The van der Waals surface area contributed by atoms with Gasteiger partial charge >= 0.3 is 0 Å². The first-order valence-corrected chi connectivity index (χ1v) is 10.7. The summed E-state index contributed by atoms with van der Waals surface area (Å²) in [5.41, 5.74) is 0.926. The SMILES string of the molecule is CN=C(NCc1cccc(S(=O)(=O)N2CCCCC2)c1)NC1CC=CC1.I. The molecule has 0 amide bonds. The average Bonchev–Trinajstić information content (AvgIpc) is 3.19. The number of nitrogens with one attached hydrogen (secondary N) is 2. The molecule has 0 bridgehead atoms. The minimum atomic E-state index is -3.40. The van der Waals surface area contributed by atoms with Gasteiger partial charge in [0.25, 0.3) is 0 Å². The number of rotatable bonds is 5. The van der Waals surface area contributed by atoms with Gasteiger partial charge in [-0.1, -0.05) is 30.7 Å². The molecule has 1 heterocycles. The fraction of sp³-hybridized carbons (Fsp3) is 0.526. The van der Waals surface area contributed by atoms with Gasteiger partial charge in [0.1, 0.15) is 0 Å². The predicted molar refractivity (Wildman–Crippen MR) is 120 cm³/mol. The van der Waals surface area contributed by atoms with Crippen LogP contribution in [0.2, 0.25) is 0 Å². The minimum Gasteiger partial charge on any atom is -0.353 e. The maximum Gasteiger partial charge on any atom is 0.243 e. The van der Waals surface area contributed by atoms with Gasteiger partial charge in [-0.15, -0.1) is 24.0 Å². The molecule has 2 N–H and O–H groups in total. The van der Waals surface area contributed by atoms with Crippen molar-refractivity contribution in [2.45, 2.75) is 49.6 Å². The second kappa shape index (κ2) is 10.4. The molecule has 8 heteroatoms.